The second-order valence-electron chi connectivity index (χ2n) is 5.99. The van der Waals surface area contributed by atoms with Crippen LogP contribution in [0.15, 0.2) is 42.5 Å². The topological polar surface area (TPSA) is 75.5 Å². The Morgan fingerprint density at radius 2 is 1.89 bits per heavy atom. The van der Waals surface area contributed by atoms with Gasteiger partial charge in [0, 0.05) is 11.1 Å². The van der Waals surface area contributed by atoms with Crippen molar-refractivity contribution in [3.8, 4) is 28.9 Å². The fourth-order valence-electron chi connectivity index (χ4n) is 2.85. The fraction of sp³-hybridized carbons (Fsp3) is 0.250. The van der Waals surface area contributed by atoms with E-state index >= 15 is 0 Å². The van der Waals surface area contributed by atoms with Crippen LogP contribution in [0.3, 0.4) is 0 Å². The molecular weight excluding hydrogens is 346 g/mol. The van der Waals surface area contributed by atoms with Gasteiger partial charge in [0.25, 0.3) is 5.91 Å². The van der Waals surface area contributed by atoms with Gasteiger partial charge in [-0.3, -0.25) is 4.79 Å². The molecule has 2 heterocycles. The van der Waals surface area contributed by atoms with Crippen LogP contribution in [0.25, 0.3) is 11.4 Å². The van der Waals surface area contributed by atoms with Crippen LogP contribution in [0.4, 0.5) is 0 Å². The van der Waals surface area contributed by atoms with E-state index in [1.165, 1.54) is 4.68 Å². The normalized spacial score (nSPS) is 12.2. The SMILES string of the molecule is CCOc1nc(-c2ccc3c(c2)OCO3)n(C(=O)c2ccc(CC)cc2)n1. The maximum atomic E-state index is 13.0. The van der Waals surface area contributed by atoms with Gasteiger partial charge in [-0.2, -0.15) is 9.67 Å². The molecule has 0 aliphatic carbocycles. The second kappa shape index (κ2) is 7.11. The van der Waals surface area contributed by atoms with E-state index in [-0.39, 0.29) is 18.7 Å². The molecule has 0 radical (unpaired) electrons. The van der Waals surface area contributed by atoms with Gasteiger partial charge in [0.15, 0.2) is 17.3 Å². The number of carbonyl (C=O) groups excluding carboxylic acids is 1. The first kappa shape index (κ1) is 17.1. The molecule has 0 bridgehead atoms. The summed E-state index contributed by atoms with van der Waals surface area (Å²) in [7, 11) is 0. The molecule has 0 unspecified atom stereocenters. The van der Waals surface area contributed by atoms with Gasteiger partial charge in [0.05, 0.1) is 6.61 Å². The van der Waals surface area contributed by atoms with Gasteiger partial charge in [0.1, 0.15) is 0 Å². The Balaban J connectivity index is 1.76. The molecule has 0 saturated carbocycles. The number of aryl methyl sites for hydroxylation is 1. The third-order valence-electron chi connectivity index (χ3n) is 4.29. The lowest BCUT2D eigenvalue weighted by atomic mass is 10.1. The first-order chi connectivity index (χ1) is 13.2. The highest BCUT2D eigenvalue weighted by molar-refractivity contribution is 5.97. The molecule has 0 saturated heterocycles. The zero-order valence-corrected chi connectivity index (χ0v) is 15.1. The Morgan fingerprint density at radius 1 is 1.11 bits per heavy atom. The molecular formula is C20H19N3O4. The van der Waals surface area contributed by atoms with Crippen LogP contribution in [0.1, 0.15) is 29.8 Å². The van der Waals surface area contributed by atoms with Crippen LogP contribution >= 0.6 is 0 Å². The number of hydrogen-bond donors (Lipinski definition) is 0. The number of fused-ring (bicyclic) bond motifs is 1. The van der Waals surface area contributed by atoms with Gasteiger partial charge in [-0.1, -0.05) is 19.1 Å². The van der Waals surface area contributed by atoms with Crippen molar-refractivity contribution in [2.45, 2.75) is 20.3 Å². The van der Waals surface area contributed by atoms with Crippen molar-refractivity contribution in [2.24, 2.45) is 0 Å². The average molecular weight is 365 g/mol. The summed E-state index contributed by atoms with van der Waals surface area (Å²) in [4.78, 5) is 17.4. The highest BCUT2D eigenvalue weighted by atomic mass is 16.7. The van der Waals surface area contributed by atoms with Gasteiger partial charge in [-0.05, 0) is 49.2 Å². The summed E-state index contributed by atoms with van der Waals surface area (Å²) in [6.45, 7) is 4.49. The van der Waals surface area contributed by atoms with Crippen molar-refractivity contribution in [3.05, 3.63) is 53.6 Å². The molecule has 0 amide bonds. The van der Waals surface area contributed by atoms with E-state index in [1.807, 2.05) is 25.1 Å². The first-order valence-electron chi connectivity index (χ1n) is 8.83. The van der Waals surface area contributed by atoms with Crippen molar-refractivity contribution in [1.29, 1.82) is 0 Å². The molecule has 7 heteroatoms. The minimum atomic E-state index is -0.274. The molecule has 3 aromatic rings. The molecule has 0 spiro atoms. The van der Waals surface area contributed by atoms with Crippen molar-refractivity contribution in [2.75, 3.05) is 13.4 Å². The van der Waals surface area contributed by atoms with Gasteiger partial charge in [0.2, 0.25) is 6.79 Å². The quantitative estimate of drug-likeness (QED) is 0.690. The van der Waals surface area contributed by atoms with Gasteiger partial charge >= 0.3 is 6.01 Å². The fourth-order valence-corrected chi connectivity index (χ4v) is 2.85. The Labute approximate surface area is 156 Å². The van der Waals surface area contributed by atoms with Crippen molar-refractivity contribution < 1.29 is 19.0 Å². The Bertz CT molecular complexity index is 979. The minimum absolute atomic E-state index is 0.156. The zero-order valence-electron chi connectivity index (χ0n) is 15.1. The van der Waals surface area contributed by atoms with Crippen LogP contribution in [0.5, 0.6) is 17.5 Å². The summed E-state index contributed by atoms with van der Waals surface area (Å²) in [5.41, 5.74) is 2.38. The number of nitrogens with zero attached hydrogens (tertiary/aromatic N) is 3. The first-order valence-corrected chi connectivity index (χ1v) is 8.83. The maximum absolute atomic E-state index is 13.0. The Morgan fingerprint density at radius 3 is 2.63 bits per heavy atom. The van der Waals surface area contributed by atoms with E-state index < -0.39 is 0 Å². The number of carbonyl (C=O) groups is 1. The van der Waals surface area contributed by atoms with Crippen LogP contribution in [-0.2, 0) is 6.42 Å². The van der Waals surface area contributed by atoms with Crippen LogP contribution in [0, 0.1) is 0 Å². The predicted octanol–water partition coefficient (Wildman–Crippen LogP) is 3.32. The Hall–Kier alpha value is -3.35. The summed E-state index contributed by atoms with van der Waals surface area (Å²) in [6.07, 6.45) is 0.911. The molecule has 1 aromatic heterocycles. The molecule has 27 heavy (non-hydrogen) atoms. The van der Waals surface area contributed by atoms with Crippen LogP contribution in [0.2, 0.25) is 0 Å². The number of ether oxygens (including phenoxy) is 3. The molecule has 1 aliphatic rings. The summed E-state index contributed by atoms with van der Waals surface area (Å²) < 4.78 is 17.5. The molecule has 1 aliphatic heterocycles. The summed E-state index contributed by atoms with van der Waals surface area (Å²) in [6, 6.07) is 13.0. The van der Waals surface area contributed by atoms with Crippen molar-refractivity contribution in [1.82, 2.24) is 14.8 Å². The van der Waals surface area contributed by atoms with Crippen molar-refractivity contribution >= 4 is 5.91 Å². The zero-order chi connectivity index (χ0) is 18.8. The summed E-state index contributed by atoms with van der Waals surface area (Å²) in [5.74, 6) is 1.39. The van der Waals surface area contributed by atoms with Crippen LogP contribution in [-0.4, -0.2) is 34.1 Å². The Kier molecular flexibility index (Phi) is 4.50. The predicted molar refractivity (Wildman–Crippen MR) is 98.3 cm³/mol. The number of benzene rings is 2. The van der Waals surface area contributed by atoms with Gasteiger partial charge in [-0.15, -0.1) is 5.10 Å². The highest BCUT2D eigenvalue weighted by Gasteiger charge is 2.22. The van der Waals surface area contributed by atoms with E-state index in [0.29, 0.717) is 35.1 Å². The van der Waals surface area contributed by atoms with E-state index in [1.54, 1.807) is 24.3 Å². The minimum Gasteiger partial charge on any atom is -0.463 e. The van der Waals surface area contributed by atoms with Gasteiger partial charge < -0.3 is 14.2 Å². The lowest BCUT2D eigenvalue weighted by molar-refractivity contribution is 0.0945. The molecule has 138 valence electrons. The smallest absolute Gasteiger partial charge is 0.336 e. The lowest BCUT2D eigenvalue weighted by Gasteiger charge is -2.06. The number of rotatable bonds is 5. The standard InChI is InChI=1S/C20H19N3O4/c1-3-13-5-7-14(8-6-13)19(24)23-18(21-20(22-23)25-4-2)15-9-10-16-17(11-15)27-12-26-16/h5-11H,3-4,12H2,1-2H3. The largest absolute Gasteiger partial charge is 0.463 e. The average Bonchev–Trinajstić information content (AvgIpc) is 3.34. The van der Waals surface area contributed by atoms with E-state index in [4.69, 9.17) is 14.2 Å². The second-order valence-corrected chi connectivity index (χ2v) is 5.99. The van der Waals surface area contributed by atoms with E-state index in [2.05, 4.69) is 17.0 Å². The molecule has 0 N–H and O–H groups in total. The molecule has 0 atom stereocenters. The maximum Gasteiger partial charge on any atom is 0.336 e. The molecule has 4 rings (SSSR count). The monoisotopic (exact) mass is 365 g/mol. The number of aromatic nitrogens is 3. The summed E-state index contributed by atoms with van der Waals surface area (Å²) >= 11 is 0. The third-order valence-corrected chi connectivity index (χ3v) is 4.29. The highest BCUT2D eigenvalue weighted by Crippen LogP contribution is 2.35. The van der Waals surface area contributed by atoms with Crippen LogP contribution < -0.4 is 14.2 Å². The molecule has 0 fully saturated rings. The summed E-state index contributed by atoms with van der Waals surface area (Å²) in [5, 5.41) is 4.25. The number of hydrogen-bond acceptors (Lipinski definition) is 6. The van der Waals surface area contributed by atoms with E-state index in [0.717, 1.165) is 12.0 Å². The van der Waals surface area contributed by atoms with E-state index in [9.17, 15) is 4.79 Å². The molecule has 7 nitrogen and oxygen atoms in total. The lowest BCUT2D eigenvalue weighted by Crippen LogP contribution is -2.15. The van der Waals surface area contributed by atoms with Gasteiger partial charge in [-0.25, -0.2) is 0 Å². The third kappa shape index (κ3) is 3.23. The van der Waals surface area contributed by atoms with Crippen molar-refractivity contribution in [3.63, 3.8) is 0 Å². The molecule has 2 aromatic carbocycles.